The first-order valence-electron chi connectivity index (χ1n) is 5.79. The molecule has 1 aromatic carbocycles. The van der Waals surface area contributed by atoms with Crippen molar-refractivity contribution in [3.8, 4) is 5.69 Å². The van der Waals surface area contributed by atoms with Gasteiger partial charge in [0.15, 0.2) is 0 Å². The Bertz CT molecular complexity index is 643. The summed E-state index contributed by atoms with van der Waals surface area (Å²) in [5, 5.41) is 14.4. The predicted octanol–water partition coefficient (Wildman–Crippen LogP) is 2.04. The number of anilines is 1. The zero-order valence-corrected chi connectivity index (χ0v) is 11.1. The Hall–Kier alpha value is -2.28. The highest BCUT2D eigenvalue weighted by atomic mass is 32.1. The maximum atomic E-state index is 4.23. The van der Waals surface area contributed by atoms with Gasteiger partial charge in [0.25, 0.3) is 0 Å². The average molecular weight is 272 g/mol. The highest BCUT2D eigenvalue weighted by molar-refractivity contribution is 7.09. The number of tetrazole rings is 1. The Morgan fingerprint density at radius 3 is 2.74 bits per heavy atom. The predicted molar refractivity (Wildman–Crippen MR) is 73.3 cm³/mol. The van der Waals surface area contributed by atoms with Crippen LogP contribution in [0, 0.1) is 6.92 Å². The van der Waals surface area contributed by atoms with Crippen molar-refractivity contribution in [2.45, 2.75) is 13.5 Å². The average Bonchev–Trinajstić information content (AvgIpc) is 3.09. The lowest BCUT2D eigenvalue weighted by molar-refractivity contribution is 0.789. The number of aromatic nitrogens is 5. The number of benzene rings is 1. The van der Waals surface area contributed by atoms with Gasteiger partial charge in [-0.3, -0.25) is 0 Å². The number of rotatable bonds is 4. The Balaban J connectivity index is 1.68. The fourth-order valence-corrected chi connectivity index (χ4v) is 2.41. The zero-order valence-electron chi connectivity index (χ0n) is 10.3. The summed E-state index contributed by atoms with van der Waals surface area (Å²) in [6.45, 7) is 2.81. The molecule has 0 atom stereocenters. The van der Waals surface area contributed by atoms with Crippen molar-refractivity contribution in [1.29, 1.82) is 0 Å². The Labute approximate surface area is 114 Å². The molecule has 0 unspecified atom stereocenters. The molecule has 0 bridgehead atoms. The first-order chi connectivity index (χ1) is 9.33. The van der Waals surface area contributed by atoms with E-state index in [9.17, 15) is 0 Å². The Morgan fingerprint density at radius 1 is 1.26 bits per heavy atom. The van der Waals surface area contributed by atoms with Gasteiger partial charge >= 0.3 is 0 Å². The summed E-state index contributed by atoms with van der Waals surface area (Å²) in [5.41, 5.74) is 4.95. The molecule has 6 nitrogen and oxygen atoms in total. The number of hydrogen-bond donors (Lipinski definition) is 1. The number of thiazole rings is 1. The van der Waals surface area contributed by atoms with Crippen LogP contribution in [-0.4, -0.2) is 25.2 Å². The van der Waals surface area contributed by atoms with Gasteiger partial charge in [-0.05, 0) is 41.6 Å². The molecule has 0 spiro atoms. The van der Waals surface area contributed by atoms with Crippen molar-refractivity contribution in [2.75, 3.05) is 5.32 Å². The van der Waals surface area contributed by atoms with Crippen molar-refractivity contribution >= 4 is 17.0 Å². The van der Waals surface area contributed by atoms with Gasteiger partial charge in [-0.1, -0.05) is 0 Å². The molecule has 0 aliphatic carbocycles. The first kappa shape index (κ1) is 11.8. The second-order valence-electron chi connectivity index (χ2n) is 4.02. The molecule has 1 N–H and O–H groups in total. The van der Waals surface area contributed by atoms with E-state index in [0.717, 1.165) is 23.6 Å². The summed E-state index contributed by atoms with van der Waals surface area (Å²) < 4.78 is 1.62. The fourth-order valence-electron chi connectivity index (χ4n) is 1.69. The zero-order chi connectivity index (χ0) is 13.1. The number of nitrogens with one attached hydrogen (secondary N) is 1. The van der Waals surface area contributed by atoms with E-state index < -0.39 is 0 Å². The van der Waals surface area contributed by atoms with Crippen LogP contribution in [0.2, 0.25) is 0 Å². The van der Waals surface area contributed by atoms with Crippen molar-refractivity contribution in [1.82, 2.24) is 25.2 Å². The summed E-state index contributed by atoms with van der Waals surface area (Å²) >= 11 is 1.67. The molecule has 3 rings (SSSR count). The molecule has 0 aliphatic heterocycles. The molecule has 0 saturated carbocycles. The molecule has 3 aromatic rings. The van der Waals surface area contributed by atoms with Crippen LogP contribution in [-0.2, 0) is 6.54 Å². The SMILES string of the molecule is Cc1ncsc1CNc1ccc(-n2cnnn2)cc1. The van der Waals surface area contributed by atoms with Crippen LogP contribution in [0.4, 0.5) is 5.69 Å². The minimum atomic E-state index is 0.792. The van der Waals surface area contributed by atoms with Gasteiger partial charge in [0.2, 0.25) is 0 Å². The molecule has 2 aromatic heterocycles. The molecule has 19 heavy (non-hydrogen) atoms. The van der Waals surface area contributed by atoms with E-state index >= 15 is 0 Å². The lowest BCUT2D eigenvalue weighted by atomic mass is 10.2. The van der Waals surface area contributed by atoms with Crippen LogP contribution in [0.15, 0.2) is 36.1 Å². The van der Waals surface area contributed by atoms with Crippen LogP contribution < -0.4 is 5.32 Å². The molecule has 0 amide bonds. The number of nitrogens with zero attached hydrogens (tertiary/aromatic N) is 5. The molecule has 7 heteroatoms. The maximum Gasteiger partial charge on any atom is 0.143 e. The van der Waals surface area contributed by atoms with Gasteiger partial charge in [0.1, 0.15) is 6.33 Å². The molecule has 0 saturated heterocycles. The van der Waals surface area contributed by atoms with Crippen molar-refractivity contribution in [3.63, 3.8) is 0 Å². The van der Waals surface area contributed by atoms with E-state index in [4.69, 9.17) is 0 Å². The largest absolute Gasteiger partial charge is 0.380 e. The fraction of sp³-hybridized carbons (Fsp3) is 0.167. The molecule has 96 valence electrons. The van der Waals surface area contributed by atoms with Gasteiger partial charge in [-0.2, -0.15) is 0 Å². The Kier molecular flexibility index (Phi) is 3.20. The Morgan fingerprint density at radius 2 is 2.11 bits per heavy atom. The number of hydrogen-bond acceptors (Lipinski definition) is 6. The molecule has 0 fully saturated rings. The smallest absolute Gasteiger partial charge is 0.143 e. The summed E-state index contributed by atoms with van der Waals surface area (Å²) in [7, 11) is 0. The first-order valence-corrected chi connectivity index (χ1v) is 6.67. The van der Waals surface area contributed by atoms with Crippen LogP contribution in [0.25, 0.3) is 5.69 Å². The standard InChI is InChI=1S/C12H12N6S/c1-9-12(19-8-14-9)6-13-10-2-4-11(5-3-10)18-7-15-16-17-18/h2-5,7-8,13H,6H2,1H3. The van der Waals surface area contributed by atoms with E-state index in [2.05, 4.69) is 25.8 Å². The van der Waals surface area contributed by atoms with E-state index in [0.29, 0.717) is 0 Å². The van der Waals surface area contributed by atoms with E-state index in [-0.39, 0.29) is 0 Å². The summed E-state index contributed by atoms with van der Waals surface area (Å²) in [5.74, 6) is 0. The molecular formula is C12H12N6S. The molecule has 0 radical (unpaired) electrons. The maximum absolute atomic E-state index is 4.23. The molecule has 0 aliphatic rings. The van der Waals surface area contributed by atoms with Gasteiger partial charge in [-0.15, -0.1) is 16.4 Å². The second kappa shape index (κ2) is 5.15. The lowest BCUT2D eigenvalue weighted by Crippen LogP contribution is -2.00. The van der Waals surface area contributed by atoms with E-state index in [1.807, 2.05) is 36.7 Å². The quantitative estimate of drug-likeness (QED) is 0.787. The summed E-state index contributed by atoms with van der Waals surface area (Å²) in [6, 6.07) is 7.96. The molecule has 2 heterocycles. The third-order valence-corrected chi connectivity index (χ3v) is 3.71. The topological polar surface area (TPSA) is 68.5 Å². The highest BCUT2D eigenvalue weighted by Gasteiger charge is 2.02. The normalized spacial score (nSPS) is 10.6. The second-order valence-corrected chi connectivity index (χ2v) is 4.96. The highest BCUT2D eigenvalue weighted by Crippen LogP contribution is 2.16. The molecular weight excluding hydrogens is 260 g/mol. The van der Waals surface area contributed by atoms with Gasteiger partial charge in [0.05, 0.1) is 23.4 Å². The summed E-state index contributed by atoms with van der Waals surface area (Å²) in [6.07, 6.45) is 1.57. The van der Waals surface area contributed by atoms with Crippen molar-refractivity contribution in [3.05, 3.63) is 46.7 Å². The third-order valence-electron chi connectivity index (χ3n) is 2.78. The lowest BCUT2D eigenvalue weighted by Gasteiger charge is -2.06. The van der Waals surface area contributed by atoms with Crippen molar-refractivity contribution < 1.29 is 0 Å². The van der Waals surface area contributed by atoms with E-state index in [1.54, 1.807) is 22.3 Å². The van der Waals surface area contributed by atoms with Gasteiger partial charge in [0, 0.05) is 10.6 Å². The minimum absolute atomic E-state index is 0.792. The van der Waals surface area contributed by atoms with Crippen molar-refractivity contribution in [2.24, 2.45) is 0 Å². The van der Waals surface area contributed by atoms with E-state index in [1.165, 1.54) is 4.88 Å². The van der Waals surface area contributed by atoms with Crippen LogP contribution in [0.5, 0.6) is 0 Å². The van der Waals surface area contributed by atoms with Crippen LogP contribution in [0.1, 0.15) is 10.6 Å². The third kappa shape index (κ3) is 2.60. The minimum Gasteiger partial charge on any atom is -0.380 e. The monoisotopic (exact) mass is 272 g/mol. The number of aryl methyl sites for hydroxylation is 1. The van der Waals surface area contributed by atoms with Crippen LogP contribution in [0.3, 0.4) is 0 Å². The van der Waals surface area contributed by atoms with Gasteiger partial charge < -0.3 is 5.32 Å². The van der Waals surface area contributed by atoms with Crippen LogP contribution >= 0.6 is 11.3 Å². The van der Waals surface area contributed by atoms with Gasteiger partial charge in [-0.25, -0.2) is 9.67 Å². The summed E-state index contributed by atoms with van der Waals surface area (Å²) in [4.78, 5) is 5.48.